The maximum absolute atomic E-state index is 12.3. The minimum absolute atomic E-state index is 0.240. The summed E-state index contributed by atoms with van der Waals surface area (Å²) in [6, 6.07) is 6.91. The van der Waals surface area contributed by atoms with E-state index in [4.69, 9.17) is 4.74 Å². The first-order valence-electron chi connectivity index (χ1n) is 7.41. The lowest BCUT2D eigenvalue weighted by atomic mass is 9.76. The zero-order valence-corrected chi connectivity index (χ0v) is 12.3. The van der Waals surface area contributed by atoms with Crippen LogP contribution in [0.3, 0.4) is 0 Å². The molecule has 1 heterocycles. The van der Waals surface area contributed by atoms with E-state index in [0.717, 1.165) is 5.56 Å². The molecule has 1 aliphatic heterocycles. The molecule has 0 atom stereocenters. The summed E-state index contributed by atoms with van der Waals surface area (Å²) in [6.07, 6.45) is 1.97. The third-order valence-electron chi connectivity index (χ3n) is 4.49. The Bertz CT molecular complexity index is 633. The maximum Gasteiger partial charge on any atom is 0.322 e. The first-order valence-corrected chi connectivity index (χ1v) is 7.41. The number of urea groups is 1. The monoisotopic (exact) mass is 302 g/mol. The van der Waals surface area contributed by atoms with Crippen LogP contribution in [-0.4, -0.2) is 23.4 Å². The number of hydrogen-bond donors (Lipinski definition) is 2. The summed E-state index contributed by atoms with van der Waals surface area (Å²) < 4.78 is 5.46. The molecule has 0 radical (unpaired) electrons. The van der Waals surface area contributed by atoms with Crippen molar-refractivity contribution in [3.8, 4) is 5.75 Å². The lowest BCUT2D eigenvalue weighted by molar-refractivity contribution is -0.141. The van der Waals surface area contributed by atoms with Crippen molar-refractivity contribution in [3.05, 3.63) is 29.8 Å². The van der Waals surface area contributed by atoms with Crippen LogP contribution in [0.1, 0.15) is 31.2 Å². The van der Waals surface area contributed by atoms with Crippen LogP contribution >= 0.6 is 0 Å². The molecule has 2 aliphatic rings. The van der Waals surface area contributed by atoms with Gasteiger partial charge < -0.3 is 10.1 Å². The van der Waals surface area contributed by atoms with Crippen molar-refractivity contribution >= 4 is 17.9 Å². The minimum Gasteiger partial charge on any atom is -0.426 e. The molecule has 0 unspecified atom stereocenters. The van der Waals surface area contributed by atoms with Crippen molar-refractivity contribution in [1.29, 1.82) is 0 Å². The third-order valence-corrected chi connectivity index (χ3v) is 4.49. The molecule has 1 spiro atoms. The van der Waals surface area contributed by atoms with E-state index in [0.29, 0.717) is 31.4 Å². The normalized spacial score (nSPS) is 27.4. The van der Waals surface area contributed by atoms with Crippen LogP contribution in [0.15, 0.2) is 24.3 Å². The predicted octanol–water partition coefficient (Wildman–Crippen LogP) is 1.67. The number of carbonyl (C=O) groups is 3. The Balaban J connectivity index is 1.62. The van der Waals surface area contributed by atoms with Crippen LogP contribution in [0.25, 0.3) is 0 Å². The van der Waals surface area contributed by atoms with Gasteiger partial charge in [-0.1, -0.05) is 18.2 Å². The van der Waals surface area contributed by atoms with Crippen LogP contribution in [0.5, 0.6) is 5.75 Å². The Morgan fingerprint density at radius 3 is 2.50 bits per heavy atom. The lowest BCUT2D eigenvalue weighted by Crippen LogP contribution is -2.50. The van der Waals surface area contributed by atoms with E-state index in [2.05, 4.69) is 10.6 Å². The SMILES string of the molecule is Cc1ccccc1OC(=O)C1CCC2(CC1)NC(=O)NC2=O. The molecule has 2 N–H and O–H groups in total. The van der Waals surface area contributed by atoms with Crippen molar-refractivity contribution in [2.24, 2.45) is 5.92 Å². The van der Waals surface area contributed by atoms with Crippen molar-refractivity contribution < 1.29 is 19.1 Å². The number of hydrogen-bond acceptors (Lipinski definition) is 4. The summed E-state index contributed by atoms with van der Waals surface area (Å²) in [5.74, 6) is -0.229. The van der Waals surface area contributed by atoms with E-state index in [1.165, 1.54) is 0 Å². The van der Waals surface area contributed by atoms with E-state index in [1.807, 2.05) is 25.1 Å². The van der Waals surface area contributed by atoms with Gasteiger partial charge in [0, 0.05) is 0 Å². The quantitative estimate of drug-likeness (QED) is 0.494. The number of nitrogens with one attached hydrogen (secondary N) is 2. The lowest BCUT2D eigenvalue weighted by Gasteiger charge is -2.33. The summed E-state index contributed by atoms with van der Waals surface area (Å²) in [5.41, 5.74) is 0.0712. The van der Waals surface area contributed by atoms with Gasteiger partial charge in [-0.3, -0.25) is 14.9 Å². The Morgan fingerprint density at radius 1 is 1.23 bits per heavy atom. The smallest absolute Gasteiger partial charge is 0.322 e. The number of imide groups is 1. The number of benzene rings is 1. The second kappa shape index (κ2) is 5.44. The number of para-hydroxylation sites is 1. The molecule has 3 rings (SSSR count). The van der Waals surface area contributed by atoms with E-state index >= 15 is 0 Å². The van der Waals surface area contributed by atoms with Gasteiger partial charge in [0.15, 0.2) is 0 Å². The van der Waals surface area contributed by atoms with Gasteiger partial charge >= 0.3 is 12.0 Å². The molecule has 1 saturated carbocycles. The number of esters is 1. The summed E-state index contributed by atoms with van der Waals surface area (Å²) in [5, 5.41) is 4.95. The molecule has 116 valence electrons. The van der Waals surface area contributed by atoms with Gasteiger partial charge in [0.05, 0.1) is 5.92 Å². The highest BCUT2D eigenvalue weighted by Gasteiger charge is 2.49. The molecule has 6 heteroatoms. The average molecular weight is 302 g/mol. The predicted molar refractivity (Wildman–Crippen MR) is 78.2 cm³/mol. The standard InChI is InChI=1S/C16H18N2O4/c1-10-4-2-3-5-12(10)22-13(19)11-6-8-16(9-7-11)14(20)17-15(21)18-16/h2-5,11H,6-9H2,1H3,(H2,17,18,20,21). The fourth-order valence-corrected chi connectivity index (χ4v) is 3.09. The van der Waals surface area contributed by atoms with Crippen LogP contribution in [0, 0.1) is 12.8 Å². The Hall–Kier alpha value is -2.37. The van der Waals surface area contributed by atoms with E-state index < -0.39 is 11.6 Å². The number of carbonyl (C=O) groups excluding carboxylic acids is 3. The first-order chi connectivity index (χ1) is 10.5. The van der Waals surface area contributed by atoms with Gasteiger partial charge in [-0.15, -0.1) is 0 Å². The van der Waals surface area contributed by atoms with Crippen molar-refractivity contribution in [2.75, 3.05) is 0 Å². The van der Waals surface area contributed by atoms with Crippen molar-refractivity contribution in [2.45, 2.75) is 38.1 Å². The van der Waals surface area contributed by atoms with Gasteiger partial charge in [0.25, 0.3) is 5.91 Å². The summed E-state index contributed by atoms with van der Waals surface area (Å²) >= 11 is 0. The fourth-order valence-electron chi connectivity index (χ4n) is 3.09. The number of aryl methyl sites for hydroxylation is 1. The minimum atomic E-state index is -0.837. The van der Waals surface area contributed by atoms with Crippen LogP contribution in [0.2, 0.25) is 0 Å². The Labute approximate surface area is 128 Å². The Morgan fingerprint density at radius 2 is 1.91 bits per heavy atom. The molecule has 3 amide bonds. The van der Waals surface area contributed by atoms with Crippen molar-refractivity contribution in [3.63, 3.8) is 0 Å². The van der Waals surface area contributed by atoms with Crippen LogP contribution < -0.4 is 15.4 Å². The second-order valence-corrected chi connectivity index (χ2v) is 5.95. The number of ether oxygens (including phenoxy) is 1. The highest BCUT2D eigenvalue weighted by molar-refractivity contribution is 6.07. The number of rotatable bonds is 2. The second-order valence-electron chi connectivity index (χ2n) is 5.95. The molecule has 2 fully saturated rings. The Kier molecular flexibility index (Phi) is 3.60. The molecule has 1 saturated heterocycles. The molecule has 1 aromatic carbocycles. The fraction of sp³-hybridized carbons (Fsp3) is 0.438. The molecule has 0 aromatic heterocycles. The zero-order valence-electron chi connectivity index (χ0n) is 12.3. The van der Waals surface area contributed by atoms with Crippen LogP contribution in [-0.2, 0) is 9.59 Å². The highest BCUT2D eigenvalue weighted by atomic mass is 16.5. The number of amides is 3. The van der Waals surface area contributed by atoms with E-state index in [9.17, 15) is 14.4 Å². The van der Waals surface area contributed by atoms with Gasteiger partial charge in [0.2, 0.25) is 0 Å². The van der Waals surface area contributed by atoms with Gasteiger partial charge in [-0.05, 0) is 44.2 Å². The topological polar surface area (TPSA) is 84.5 Å². The molecule has 1 aromatic rings. The largest absolute Gasteiger partial charge is 0.426 e. The van der Waals surface area contributed by atoms with Crippen LogP contribution in [0.4, 0.5) is 4.79 Å². The molecule has 0 bridgehead atoms. The molecule has 1 aliphatic carbocycles. The molecule has 6 nitrogen and oxygen atoms in total. The van der Waals surface area contributed by atoms with Gasteiger partial charge in [0.1, 0.15) is 11.3 Å². The first kappa shape index (κ1) is 14.6. The zero-order chi connectivity index (χ0) is 15.7. The van der Waals surface area contributed by atoms with Gasteiger partial charge in [-0.2, -0.15) is 0 Å². The molecule has 22 heavy (non-hydrogen) atoms. The van der Waals surface area contributed by atoms with E-state index in [-0.39, 0.29) is 17.8 Å². The summed E-state index contributed by atoms with van der Waals surface area (Å²) in [4.78, 5) is 35.4. The average Bonchev–Trinajstić information content (AvgIpc) is 2.76. The maximum atomic E-state index is 12.3. The highest BCUT2D eigenvalue weighted by Crippen LogP contribution is 2.35. The van der Waals surface area contributed by atoms with Crippen molar-refractivity contribution in [1.82, 2.24) is 10.6 Å². The van der Waals surface area contributed by atoms with E-state index in [1.54, 1.807) is 6.07 Å². The summed E-state index contributed by atoms with van der Waals surface area (Å²) in [6.45, 7) is 1.89. The third kappa shape index (κ3) is 2.56. The molecular formula is C16H18N2O4. The summed E-state index contributed by atoms with van der Waals surface area (Å²) in [7, 11) is 0. The molecular weight excluding hydrogens is 284 g/mol. The van der Waals surface area contributed by atoms with Gasteiger partial charge in [-0.25, -0.2) is 4.79 Å².